The van der Waals surface area contributed by atoms with Crippen molar-refractivity contribution in [1.29, 1.82) is 0 Å². The molecule has 0 aromatic carbocycles. The van der Waals surface area contributed by atoms with Gasteiger partial charge in [0.05, 0.1) is 12.6 Å². The van der Waals surface area contributed by atoms with E-state index in [0.29, 0.717) is 13.1 Å². The third-order valence-electron chi connectivity index (χ3n) is 4.23. The van der Waals surface area contributed by atoms with Crippen molar-refractivity contribution in [3.05, 3.63) is 0 Å². The lowest BCUT2D eigenvalue weighted by Crippen LogP contribution is -2.47. The third kappa shape index (κ3) is 4.25. The smallest absolute Gasteiger partial charge is 0.234 e. The van der Waals surface area contributed by atoms with Gasteiger partial charge in [-0.15, -0.1) is 0 Å². The van der Waals surface area contributed by atoms with Crippen molar-refractivity contribution in [3.63, 3.8) is 0 Å². The Morgan fingerprint density at radius 1 is 1.39 bits per heavy atom. The van der Waals surface area contributed by atoms with Crippen LogP contribution in [-0.2, 0) is 4.79 Å². The summed E-state index contributed by atoms with van der Waals surface area (Å²) in [5.41, 5.74) is -0.142. The van der Waals surface area contributed by atoms with E-state index >= 15 is 0 Å². The lowest BCUT2D eigenvalue weighted by atomic mass is 9.73. The lowest BCUT2D eigenvalue weighted by Gasteiger charge is -2.38. The molecule has 0 radical (unpaired) electrons. The SMILES string of the molecule is CCN(CC)CC(=O)NC[C@]1(C)CCCC[C@H]1O. The molecule has 0 aromatic rings. The average molecular weight is 256 g/mol. The quantitative estimate of drug-likeness (QED) is 0.755. The highest BCUT2D eigenvalue weighted by Crippen LogP contribution is 2.35. The summed E-state index contributed by atoms with van der Waals surface area (Å²) < 4.78 is 0. The third-order valence-corrected chi connectivity index (χ3v) is 4.23. The van der Waals surface area contributed by atoms with Crippen LogP contribution in [0.3, 0.4) is 0 Å². The van der Waals surface area contributed by atoms with Gasteiger partial charge in [-0.25, -0.2) is 0 Å². The molecule has 18 heavy (non-hydrogen) atoms. The monoisotopic (exact) mass is 256 g/mol. The second-order valence-corrected chi connectivity index (χ2v) is 5.65. The van der Waals surface area contributed by atoms with Crippen LogP contribution in [0.2, 0.25) is 0 Å². The van der Waals surface area contributed by atoms with Crippen LogP contribution in [0.4, 0.5) is 0 Å². The number of hydrogen-bond donors (Lipinski definition) is 2. The van der Waals surface area contributed by atoms with E-state index in [1.54, 1.807) is 0 Å². The normalized spacial score (nSPS) is 28.4. The van der Waals surface area contributed by atoms with Gasteiger partial charge in [-0.05, 0) is 25.9 Å². The van der Waals surface area contributed by atoms with Crippen molar-refractivity contribution >= 4 is 5.91 Å². The number of hydrogen-bond acceptors (Lipinski definition) is 3. The minimum Gasteiger partial charge on any atom is -0.392 e. The Morgan fingerprint density at radius 3 is 2.61 bits per heavy atom. The van der Waals surface area contributed by atoms with Crippen LogP contribution >= 0.6 is 0 Å². The highest BCUT2D eigenvalue weighted by molar-refractivity contribution is 5.78. The summed E-state index contributed by atoms with van der Waals surface area (Å²) in [4.78, 5) is 13.9. The Balaban J connectivity index is 2.37. The molecular formula is C14H28N2O2. The number of nitrogens with one attached hydrogen (secondary N) is 1. The van der Waals surface area contributed by atoms with E-state index in [0.717, 1.165) is 38.8 Å². The number of rotatable bonds is 6. The minimum absolute atomic E-state index is 0.0673. The van der Waals surface area contributed by atoms with Crippen molar-refractivity contribution in [1.82, 2.24) is 10.2 Å². The molecule has 0 aromatic heterocycles. The largest absolute Gasteiger partial charge is 0.392 e. The van der Waals surface area contributed by atoms with Gasteiger partial charge in [0.25, 0.3) is 0 Å². The molecule has 1 rings (SSSR count). The molecule has 1 saturated carbocycles. The second-order valence-electron chi connectivity index (χ2n) is 5.65. The van der Waals surface area contributed by atoms with Crippen LogP contribution in [0.25, 0.3) is 0 Å². The molecule has 1 fully saturated rings. The van der Waals surface area contributed by atoms with E-state index < -0.39 is 0 Å². The Kier molecular flexibility index (Phi) is 6.09. The summed E-state index contributed by atoms with van der Waals surface area (Å²) in [5.74, 6) is 0.0673. The molecule has 0 saturated heterocycles. The van der Waals surface area contributed by atoms with Crippen molar-refractivity contribution < 1.29 is 9.90 Å². The number of aliphatic hydroxyl groups excluding tert-OH is 1. The Morgan fingerprint density at radius 2 is 2.06 bits per heavy atom. The highest BCUT2D eigenvalue weighted by atomic mass is 16.3. The maximum absolute atomic E-state index is 11.8. The Labute approximate surface area is 111 Å². The molecule has 0 unspecified atom stereocenters. The van der Waals surface area contributed by atoms with Gasteiger partial charge in [0, 0.05) is 12.0 Å². The zero-order chi connectivity index (χ0) is 13.6. The molecule has 1 aliphatic rings. The fourth-order valence-electron chi connectivity index (χ4n) is 2.59. The Bertz CT molecular complexity index is 267. The molecular weight excluding hydrogens is 228 g/mol. The maximum atomic E-state index is 11.8. The molecule has 2 atom stereocenters. The summed E-state index contributed by atoms with van der Waals surface area (Å²) >= 11 is 0. The average Bonchev–Trinajstić information content (AvgIpc) is 2.37. The predicted octanol–water partition coefficient (Wildman–Crippen LogP) is 1.39. The van der Waals surface area contributed by atoms with Crippen LogP contribution in [0, 0.1) is 5.41 Å². The van der Waals surface area contributed by atoms with E-state index in [4.69, 9.17) is 0 Å². The fraction of sp³-hybridized carbons (Fsp3) is 0.929. The van der Waals surface area contributed by atoms with Crippen LogP contribution in [0.15, 0.2) is 0 Å². The van der Waals surface area contributed by atoms with E-state index in [-0.39, 0.29) is 17.4 Å². The topological polar surface area (TPSA) is 52.6 Å². The van der Waals surface area contributed by atoms with Gasteiger partial charge in [0.15, 0.2) is 0 Å². The zero-order valence-electron chi connectivity index (χ0n) is 12.0. The lowest BCUT2D eigenvalue weighted by molar-refractivity contribution is -0.123. The van der Waals surface area contributed by atoms with Crippen LogP contribution < -0.4 is 5.32 Å². The zero-order valence-corrected chi connectivity index (χ0v) is 12.0. The minimum atomic E-state index is -0.278. The number of likely N-dealkylation sites (N-methyl/N-ethyl adjacent to an activating group) is 1. The van der Waals surface area contributed by atoms with Gasteiger partial charge in [-0.1, -0.05) is 33.6 Å². The first-order valence-electron chi connectivity index (χ1n) is 7.19. The first kappa shape index (κ1) is 15.4. The van der Waals surface area contributed by atoms with Crippen LogP contribution in [0.5, 0.6) is 0 Å². The van der Waals surface area contributed by atoms with Gasteiger partial charge >= 0.3 is 0 Å². The summed E-state index contributed by atoms with van der Waals surface area (Å²) in [5, 5.41) is 13.0. The highest BCUT2D eigenvalue weighted by Gasteiger charge is 2.35. The molecule has 0 aliphatic heterocycles. The van der Waals surface area contributed by atoms with Crippen molar-refractivity contribution in [2.45, 2.75) is 52.6 Å². The Hall–Kier alpha value is -0.610. The van der Waals surface area contributed by atoms with E-state index in [9.17, 15) is 9.90 Å². The molecule has 0 bridgehead atoms. The molecule has 106 valence electrons. The molecule has 1 amide bonds. The standard InChI is InChI=1S/C14H28N2O2/c1-4-16(5-2)10-13(18)15-11-14(3)9-7-6-8-12(14)17/h12,17H,4-11H2,1-3H3,(H,15,18)/t12-,14+/m1/s1. The number of amides is 1. The molecule has 4 heteroatoms. The van der Waals surface area contributed by atoms with Crippen LogP contribution in [0.1, 0.15) is 46.5 Å². The van der Waals surface area contributed by atoms with Gasteiger partial charge in [-0.3, -0.25) is 9.69 Å². The van der Waals surface area contributed by atoms with Gasteiger partial charge < -0.3 is 10.4 Å². The predicted molar refractivity (Wildman–Crippen MR) is 73.4 cm³/mol. The molecule has 2 N–H and O–H groups in total. The summed E-state index contributed by atoms with van der Waals surface area (Å²) in [6.07, 6.45) is 3.84. The first-order chi connectivity index (χ1) is 8.51. The number of carbonyl (C=O) groups excluding carboxylic acids is 1. The molecule has 0 spiro atoms. The van der Waals surface area contributed by atoms with E-state index in [1.165, 1.54) is 0 Å². The second kappa shape index (κ2) is 7.10. The molecule has 1 aliphatic carbocycles. The number of nitrogens with zero attached hydrogens (tertiary/aromatic N) is 1. The molecule has 0 heterocycles. The van der Waals surface area contributed by atoms with E-state index in [1.807, 2.05) is 0 Å². The van der Waals surface area contributed by atoms with E-state index in [2.05, 4.69) is 31.0 Å². The van der Waals surface area contributed by atoms with Gasteiger partial charge in [-0.2, -0.15) is 0 Å². The van der Waals surface area contributed by atoms with Gasteiger partial charge in [0.1, 0.15) is 0 Å². The van der Waals surface area contributed by atoms with Crippen molar-refractivity contribution in [2.75, 3.05) is 26.2 Å². The summed E-state index contributed by atoms with van der Waals surface area (Å²) in [7, 11) is 0. The van der Waals surface area contributed by atoms with Crippen molar-refractivity contribution in [2.24, 2.45) is 5.41 Å². The summed E-state index contributed by atoms with van der Waals surface area (Å²) in [6.45, 7) is 9.03. The number of aliphatic hydroxyl groups is 1. The van der Waals surface area contributed by atoms with Gasteiger partial charge in [0.2, 0.25) is 5.91 Å². The first-order valence-corrected chi connectivity index (χ1v) is 7.19. The van der Waals surface area contributed by atoms with Crippen molar-refractivity contribution in [3.8, 4) is 0 Å². The van der Waals surface area contributed by atoms with Crippen LogP contribution in [-0.4, -0.2) is 48.2 Å². The maximum Gasteiger partial charge on any atom is 0.234 e. The number of carbonyl (C=O) groups is 1. The fourth-order valence-corrected chi connectivity index (χ4v) is 2.59. The summed E-state index contributed by atoms with van der Waals surface area (Å²) in [6, 6.07) is 0. The molecule has 4 nitrogen and oxygen atoms in total.